The van der Waals surface area contributed by atoms with Crippen molar-refractivity contribution in [2.24, 2.45) is 0 Å². The van der Waals surface area contributed by atoms with E-state index < -0.39 is 0 Å². The Balaban J connectivity index is 1.69. The van der Waals surface area contributed by atoms with E-state index in [-0.39, 0.29) is 5.82 Å². The summed E-state index contributed by atoms with van der Waals surface area (Å²) in [4.78, 5) is 0. The zero-order valence-corrected chi connectivity index (χ0v) is 18.1. The molecule has 0 spiro atoms. The van der Waals surface area contributed by atoms with Gasteiger partial charge in [-0.25, -0.2) is 4.39 Å². The van der Waals surface area contributed by atoms with E-state index in [1.807, 2.05) is 24.3 Å². The second kappa shape index (κ2) is 9.38. The maximum atomic E-state index is 13.3. The molecule has 0 amide bonds. The maximum Gasteiger partial charge on any atom is 0.148 e. The highest BCUT2D eigenvalue weighted by molar-refractivity contribution is 9.11. The Labute approximate surface area is 176 Å². The highest BCUT2D eigenvalue weighted by atomic mass is 79.9. The van der Waals surface area contributed by atoms with Gasteiger partial charge < -0.3 is 10.1 Å². The Morgan fingerprint density at radius 1 is 0.926 bits per heavy atom. The van der Waals surface area contributed by atoms with Crippen molar-refractivity contribution in [2.45, 2.75) is 26.5 Å². The molecule has 0 aliphatic carbocycles. The number of halogens is 3. The molecule has 27 heavy (non-hydrogen) atoms. The van der Waals surface area contributed by atoms with Crippen molar-refractivity contribution < 1.29 is 9.13 Å². The van der Waals surface area contributed by atoms with Crippen LogP contribution in [0.1, 0.15) is 23.6 Å². The minimum atomic E-state index is -0.261. The van der Waals surface area contributed by atoms with Gasteiger partial charge in [-0.05, 0) is 85.3 Å². The fraction of sp³-hybridized carbons (Fsp3) is 0.182. The van der Waals surface area contributed by atoms with Crippen LogP contribution in [-0.2, 0) is 19.6 Å². The second-order valence-electron chi connectivity index (χ2n) is 6.17. The first-order valence-corrected chi connectivity index (χ1v) is 10.3. The molecule has 2 nitrogen and oxygen atoms in total. The first kappa shape index (κ1) is 19.9. The number of hydrogen-bond acceptors (Lipinski definition) is 2. The lowest BCUT2D eigenvalue weighted by atomic mass is 10.1. The van der Waals surface area contributed by atoms with Crippen molar-refractivity contribution >= 4 is 37.5 Å². The molecule has 0 aliphatic heterocycles. The Morgan fingerprint density at radius 3 is 2.37 bits per heavy atom. The van der Waals surface area contributed by atoms with E-state index >= 15 is 0 Å². The van der Waals surface area contributed by atoms with E-state index in [1.165, 1.54) is 17.7 Å². The van der Waals surface area contributed by atoms with Crippen molar-refractivity contribution in [3.05, 3.63) is 92.1 Å². The van der Waals surface area contributed by atoms with Crippen LogP contribution in [-0.4, -0.2) is 0 Å². The molecule has 3 rings (SSSR count). The molecule has 3 aromatic rings. The van der Waals surface area contributed by atoms with Crippen molar-refractivity contribution in [1.29, 1.82) is 0 Å². The van der Waals surface area contributed by atoms with Gasteiger partial charge in [0.1, 0.15) is 18.2 Å². The average molecular weight is 493 g/mol. The molecule has 0 saturated heterocycles. The lowest BCUT2D eigenvalue weighted by Crippen LogP contribution is -2.03. The predicted molar refractivity (Wildman–Crippen MR) is 116 cm³/mol. The fourth-order valence-electron chi connectivity index (χ4n) is 2.83. The van der Waals surface area contributed by atoms with Crippen LogP contribution in [0.5, 0.6) is 5.75 Å². The Morgan fingerprint density at radius 2 is 1.67 bits per heavy atom. The van der Waals surface area contributed by atoms with E-state index in [0.717, 1.165) is 32.2 Å². The molecular formula is C22H20Br2FNO. The summed E-state index contributed by atoms with van der Waals surface area (Å²) in [5.74, 6) is 0.444. The van der Waals surface area contributed by atoms with E-state index in [2.05, 4.69) is 62.3 Å². The Kier molecular flexibility index (Phi) is 6.91. The number of anilines is 1. The van der Waals surface area contributed by atoms with E-state index in [4.69, 9.17) is 4.74 Å². The summed E-state index contributed by atoms with van der Waals surface area (Å²) in [7, 11) is 0. The van der Waals surface area contributed by atoms with Gasteiger partial charge in [-0.3, -0.25) is 0 Å². The van der Waals surface area contributed by atoms with Gasteiger partial charge in [0.25, 0.3) is 0 Å². The van der Waals surface area contributed by atoms with Crippen LogP contribution in [0.3, 0.4) is 0 Å². The van der Waals surface area contributed by atoms with Crippen LogP contribution in [0.4, 0.5) is 10.1 Å². The monoisotopic (exact) mass is 491 g/mol. The van der Waals surface area contributed by atoms with Crippen LogP contribution < -0.4 is 10.1 Å². The van der Waals surface area contributed by atoms with Crippen molar-refractivity contribution in [3.8, 4) is 5.75 Å². The van der Waals surface area contributed by atoms with Crippen LogP contribution >= 0.6 is 31.9 Å². The third-order valence-corrected chi connectivity index (χ3v) is 5.39. The molecule has 0 aliphatic rings. The highest BCUT2D eigenvalue weighted by Gasteiger charge is 2.10. The zero-order valence-electron chi connectivity index (χ0n) is 14.9. The minimum absolute atomic E-state index is 0.261. The van der Waals surface area contributed by atoms with E-state index in [1.54, 1.807) is 6.07 Å². The third-order valence-electron chi connectivity index (χ3n) is 4.21. The summed E-state index contributed by atoms with van der Waals surface area (Å²) < 4.78 is 20.9. The van der Waals surface area contributed by atoms with Gasteiger partial charge in [0.05, 0.1) is 8.95 Å². The van der Waals surface area contributed by atoms with Gasteiger partial charge >= 0.3 is 0 Å². The summed E-state index contributed by atoms with van der Waals surface area (Å²) >= 11 is 7.17. The maximum absolute atomic E-state index is 13.3. The standard InChI is InChI=1S/C22H20Br2FNO/c1-2-17-7-3-4-9-21(17)26-13-16-11-19(23)22(20(24)12-16)27-14-15-6-5-8-18(25)10-15/h3-12,26H,2,13-14H2,1H3. The van der Waals surface area contributed by atoms with Gasteiger partial charge in [0, 0.05) is 12.2 Å². The molecule has 0 bridgehead atoms. The Bertz CT molecular complexity index is 907. The molecule has 0 saturated carbocycles. The molecule has 140 valence electrons. The summed E-state index contributed by atoms with van der Waals surface area (Å²) in [6.07, 6.45) is 0.990. The topological polar surface area (TPSA) is 21.3 Å². The van der Waals surface area contributed by atoms with Crippen LogP contribution in [0, 0.1) is 5.82 Å². The smallest absolute Gasteiger partial charge is 0.148 e. The van der Waals surface area contributed by atoms with Gasteiger partial charge in [-0.15, -0.1) is 0 Å². The number of aryl methyl sites for hydroxylation is 1. The molecule has 5 heteroatoms. The molecule has 0 fully saturated rings. The average Bonchev–Trinajstić information content (AvgIpc) is 2.66. The number of rotatable bonds is 7. The summed E-state index contributed by atoms with van der Waals surface area (Å²) in [5, 5.41) is 3.49. The van der Waals surface area contributed by atoms with Crippen LogP contribution in [0.2, 0.25) is 0 Å². The molecule has 0 heterocycles. The molecular weight excluding hydrogens is 473 g/mol. The van der Waals surface area contributed by atoms with Crippen LogP contribution in [0.25, 0.3) is 0 Å². The second-order valence-corrected chi connectivity index (χ2v) is 7.88. The summed E-state index contributed by atoms with van der Waals surface area (Å²) in [6.45, 7) is 3.16. The van der Waals surface area contributed by atoms with Gasteiger partial charge in [0.15, 0.2) is 0 Å². The molecule has 3 aromatic carbocycles. The number of ether oxygens (including phenoxy) is 1. The number of nitrogens with one attached hydrogen (secondary N) is 1. The van der Waals surface area contributed by atoms with Crippen molar-refractivity contribution in [3.63, 3.8) is 0 Å². The molecule has 0 unspecified atom stereocenters. The highest BCUT2D eigenvalue weighted by Crippen LogP contribution is 2.35. The van der Waals surface area contributed by atoms with Crippen LogP contribution in [0.15, 0.2) is 69.6 Å². The third kappa shape index (κ3) is 5.33. The minimum Gasteiger partial charge on any atom is -0.487 e. The molecule has 0 radical (unpaired) electrons. The van der Waals surface area contributed by atoms with Gasteiger partial charge in [-0.2, -0.15) is 0 Å². The van der Waals surface area contributed by atoms with E-state index in [9.17, 15) is 4.39 Å². The fourth-order valence-corrected chi connectivity index (χ4v) is 4.34. The predicted octanol–water partition coefficient (Wildman–Crippen LogP) is 7.10. The quantitative estimate of drug-likeness (QED) is 0.379. The van der Waals surface area contributed by atoms with Gasteiger partial charge in [-0.1, -0.05) is 37.3 Å². The van der Waals surface area contributed by atoms with Crippen molar-refractivity contribution in [1.82, 2.24) is 0 Å². The first-order chi connectivity index (χ1) is 13.1. The lowest BCUT2D eigenvalue weighted by Gasteiger charge is -2.14. The summed E-state index contributed by atoms with van der Waals surface area (Å²) in [6, 6.07) is 18.8. The molecule has 1 N–H and O–H groups in total. The summed E-state index contributed by atoms with van der Waals surface area (Å²) in [5.41, 5.74) is 4.36. The lowest BCUT2D eigenvalue weighted by molar-refractivity contribution is 0.301. The number of para-hydroxylation sites is 1. The van der Waals surface area contributed by atoms with Gasteiger partial charge in [0.2, 0.25) is 0 Å². The zero-order chi connectivity index (χ0) is 19.2. The van der Waals surface area contributed by atoms with Crippen molar-refractivity contribution in [2.75, 3.05) is 5.32 Å². The Hall–Kier alpha value is -1.85. The SMILES string of the molecule is CCc1ccccc1NCc1cc(Br)c(OCc2cccc(F)c2)c(Br)c1. The largest absolute Gasteiger partial charge is 0.487 e. The number of benzene rings is 3. The molecule has 0 aromatic heterocycles. The normalized spacial score (nSPS) is 10.7. The molecule has 0 atom stereocenters. The first-order valence-electron chi connectivity index (χ1n) is 8.73. The number of hydrogen-bond donors (Lipinski definition) is 1. The van der Waals surface area contributed by atoms with E-state index in [0.29, 0.717) is 18.9 Å².